The minimum Gasteiger partial charge on any atom is -0.378 e. The first kappa shape index (κ1) is 14.2. The number of halogens is 2. The van der Waals surface area contributed by atoms with Gasteiger partial charge in [-0.25, -0.2) is 4.39 Å². The fraction of sp³-hybridized carbons (Fsp3) is 0.462. The monoisotopic (exact) mass is 360 g/mol. The van der Waals surface area contributed by atoms with Crippen molar-refractivity contribution in [3.05, 3.63) is 27.2 Å². The molecule has 0 amide bonds. The minimum atomic E-state index is -0.392. The predicted octanol–water partition coefficient (Wildman–Crippen LogP) is 3.41. The lowest BCUT2D eigenvalue weighted by molar-refractivity contribution is -0.0290. The molecule has 2 heterocycles. The third kappa shape index (κ3) is 2.32. The largest absolute Gasteiger partial charge is 0.378 e. The van der Waals surface area contributed by atoms with Gasteiger partial charge in [0.2, 0.25) is 0 Å². The van der Waals surface area contributed by atoms with E-state index in [0.717, 1.165) is 17.5 Å². The second-order valence-corrected chi connectivity index (χ2v) is 6.23. The average molecular weight is 361 g/mol. The van der Waals surface area contributed by atoms with Gasteiger partial charge in [0.05, 0.1) is 28.7 Å². The van der Waals surface area contributed by atoms with Gasteiger partial charge in [0, 0.05) is 26.2 Å². The molecule has 1 saturated heterocycles. The van der Waals surface area contributed by atoms with Gasteiger partial charge in [-0.15, -0.1) is 0 Å². The summed E-state index contributed by atoms with van der Waals surface area (Å²) in [5.41, 5.74) is 1.14. The fourth-order valence-electron chi connectivity index (χ4n) is 2.54. The molecule has 1 aliphatic rings. The van der Waals surface area contributed by atoms with Crippen molar-refractivity contribution in [2.24, 2.45) is 0 Å². The summed E-state index contributed by atoms with van der Waals surface area (Å²) in [5, 5.41) is 0. The molecule has 1 unspecified atom stereocenters. The molecule has 2 aromatic rings. The lowest BCUT2D eigenvalue weighted by Crippen LogP contribution is -2.37. The molecule has 1 aliphatic heterocycles. The van der Waals surface area contributed by atoms with Crippen molar-refractivity contribution >= 4 is 39.2 Å². The van der Waals surface area contributed by atoms with Crippen LogP contribution in [0.5, 0.6) is 0 Å². The van der Waals surface area contributed by atoms with Gasteiger partial charge < -0.3 is 19.0 Å². The summed E-state index contributed by atoms with van der Waals surface area (Å²) in [5.74, 6) is -0.311. The van der Waals surface area contributed by atoms with Crippen LogP contribution in [0.25, 0.3) is 11.0 Å². The molecule has 1 aromatic heterocycles. The van der Waals surface area contributed by atoms with Gasteiger partial charge in [-0.2, -0.15) is 0 Å². The molecule has 4 nitrogen and oxygen atoms in total. The van der Waals surface area contributed by atoms with Crippen LogP contribution in [0, 0.1) is 10.6 Å². The maximum atomic E-state index is 13.8. The normalized spacial score (nSPS) is 22.8. The van der Waals surface area contributed by atoms with Gasteiger partial charge in [-0.05, 0) is 34.2 Å². The highest BCUT2D eigenvalue weighted by Gasteiger charge is 2.36. The van der Waals surface area contributed by atoms with Crippen LogP contribution in [-0.4, -0.2) is 35.5 Å². The van der Waals surface area contributed by atoms with Crippen LogP contribution in [-0.2, 0) is 16.0 Å². The third-order valence-electron chi connectivity index (χ3n) is 3.76. The molecule has 7 heteroatoms. The van der Waals surface area contributed by atoms with Crippen LogP contribution in [0.1, 0.15) is 6.42 Å². The van der Waals surface area contributed by atoms with E-state index in [-0.39, 0.29) is 5.82 Å². The highest BCUT2D eigenvalue weighted by atomic mass is 79.9. The smallest absolute Gasteiger partial charge is 0.178 e. The number of methoxy groups -OCH3 is 1. The molecule has 1 aromatic carbocycles. The number of H-pyrrole nitrogens is 1. The average Bonchev–Trinajstić information content (AvgIpc) is 2.99. The number of ether oxygens (including phenoxy) is 2. The van der Waals surface area contributed by atoms with Crippen LogP contribution in [0.3, 0.4) is 0 Å². The van der Waals surface area contributed by atoms with Crippen molar-refractivity contribution in [1.29, 1.82) is 0 Å². The van der Waals surface area contributed by atoms with Gasteiger partial charge in [-0.3, -0.25) is 0 Å². The van der Waals surface area contributed by atoms with Crippen LogP contribution in [0.2, 0.25) is 0 Å². The van der Waals surface area contributed by atoms with Crippen molar-refractivity contribution in [3.8, 4) is 0 Å². The molecule has 20 heavy (non-hydrogen) atoms. The molecule has 0 saturated carbocycles. The third-order valence-corrected chi connectivity index (χ3v) is 4.69. The molecule has 1 N–H and O–H groups in total. The van der Waals surface area contributed by atoms with E-state index in [4.69, 9.17) is 21.7 Å². The number of hydrogen-bond acceptors (Lipinski definition) is 3. The first-order valence-corrected chi connectivity index (χ1v) is 7.45. The minimum absolute atomic E-state index is 0.311. The Morgan fingerprint density at radius 3 is 3.05 bits per heavy atom. The van der Waals surface area contributed by atoms with Gasteiger partial charge in [0.15, 0.2) is 4.77 Å². The highest BCUT2D eigenvalue weighted by molar-refractivity contribution is 9.10. The number of nitrogens with one attached hydrogen (secondary N) is 1. The first-order chi connectivity index (χ1) is 9.54. The van der Waals surface area contributed by atoms with E-state index >= 15 is 0 Å². The molecule has 1 fully saturated rings. The van der Waals surface area contributed by atoms with Crippen LogP contribution in [0.15, 0.2) is 16.6 Å². The lowest BCUT2D eigenvalue weighted by Gasteiger charge is -2.26. The summed E-state index contributed by atoms with van der Waals surface area (Å²) in [4.78, 5) is 3.10. The molecule has 0 aliphatic carbocycles. The Bertz CT molecular complexity index is 706. The van der Waals surface area contributed by atoms with E-state index in [1.807, 2.05) is 4.57 Å². The van der Waals surface area contributed by atoms with Gasteiger partial charge in [0.25, 0.3) is 0 Å². The number of nitrogens with zero attached hydrogens (tertiary/aromatic N) is 1. The van der Waals surface area contributed by atoms with E-state index in [2.05, 4.69) is 20.9 Å². The van der Waals surface area contributed by atoms with Crippen LogP contribution < -0.4 is 0 Å². The Morgan fingerprint density at radius 2 is 2.40 bits per heavy atom. The summed E-state index contributed by atoms with van der Waals surface area (Å²) in [7, 11) is 1.67. The number of imidazole rings is 1. The van der Waals surface area contributed by atoms with E-state index in [1.165, 1.54) is 6.07 Å². The molecular weight excluding hydrogens is 347 g/mol. The zero-order valence-corrected chi connectivity index (χ0v) is 13.3. The maximum absolute atomic E-state index is 13.8. The van der Waals surface area contributed by atoms with E-state index < -0.39 is 5.60 Å². The number of aromatic amines is 1. The van der Waals surface area contributed by atoms with Crippen molar-refractivity contribution in [1.82, 2.24) is 9.55 Å². The van der Waals surface area contributed by atoms with Gasteiger partial charge in [0.1, 0.15) is 11.4 Å². The first-order valence-electron chi connectivity index (χ1n) is 6.25. The maximum Gasteiger partial charge on any atom is 0.178 e. The zero-order valence-electron chi connectivity index (χ0n) is 10.9. The Labute approximate surface area is 129 Å². The molecule has 0 bridgehead atoms. The Kier molecular flexibility index (Phi) is 3.70. The number of aromatic nitrogens is 2. The summed E-state index contributed by atoms with van der Waals surface area (Å²) < 4.78 is 27.7. The van der Waals surface area contributed by atoms with E-state index in [0.29, 0.717) is 29.0 Å². The van der Waals surface area contributed by atoms with Crippen molar-refractivity contribution in [2.45, 2.75) is 18.6 Å². The summed E-state index contributed by atoms with van der Waals surface area (Å²) in [6, 6.07) is 3.17. The number of fused-ring (bicyclic) bond motifs is 1. The lowest BCUT2D eigenvalue weighted by atomic mass is 10.0. The summed E-state index contributed by atoms with van der Waals surface area (Å²) in [6.07, 6.45) is 0.803. The Morgan fingerprint density at radius 1 is 1.60 bits per heavy atom. The number of rotatable bonds is 3. The highest BCUT2D eigenvalue weighted by Crippen LogP contribution is 2.28. The quantitative estimate of drug-likeness (QED) is 0.852. The predicted molar refractivity (Wildman–Crippen MR) is 80.0 cm³/mol. The Hall–Kier alpha value is -0.760. The second kappa shape index (κ2) is 5.22. The van der Waals surface area contributed by atoms with Gasteiger partial charge >= 0.3 is 0 Å². The van der Waals surface area contributed by atoms with Crippen molar-refractivity contribution in [2.75, 3.05) is 20.3 Å². The molecular formula is C13H14BrFN2O2S. The SMILES string of the molecule is COC1(Cn2c(=S)[nH]c3cc(Br)c(F)cc32)CCOC1. The van der Waals surface area contributed by atoms with Crippen molar-refractivity contribution in [3.63, 3.8) is 0 Å². The molecule has 0 spiro atoms. The number of hydrogen-bond donors (Lipinski definition) is 1. The molecule has 3 rings (SSSR count). The fourth-order valence-corrected chi connectivity index (χ4v) is 3.15. The standard InChI is InChI=1S/C13H14BrFN2O2S/c1-18-13(2-3-19-7-13)6-17-11-5-9(15)8(14)4-10(11)16-12(17)20/h4-5H,2-3,6-7H2,1H3,(H,16,20). The molecule has 108 valence electrons. The Balaban J connectivity index is 2.09. The van der Waals surface area contributed by atoms with Crippen molar-refractivity contribution < 1.29 is 13.9 Å². The molecule has 0 radical (unpaired) electrons. The summed E-state index contributed by atoms with van der Waals surface area (Å²) in [6.45, 7) is 1.74. The summed E-state index contributed by atoms with van der Waals surface area (Å²) >= 11 is 8.52. The van der Waals surface area contributed by atoms with E-state index in [1.54, 1.807) is 13.2 Å². The molecule has 1 atom stereocenters. The topological polar surface area (TPSA) is 39.2 Å². The van der Waals surface area contributed by atoms with E-state index in [9.17, 15) is 4.39 Å². The van der Waals surface area contributed by atoms with Crippen LogP contribution >= 0.6 is 28.1 Å². The second-order valence-electron chi connectivity index (χ2n) is 4.99. The van der Waals surface area contributed by atoms with Crippen LogP contribution in [0.4, 0.5) is 4.39 Å². The van der Waals surface area contributed by atoms with Gasteiger partial charge in [-0.1, -0.05) is 0 Å². The zero-order chi connectivity index (χ0) is 14.3. The number of benzene rings is 1.